The summed E-state index contributed by atoms with van der Waals surface area (Å²) in [7, 11) is 4.01. The smallest absolute Gasteiger partial charge is 0.319 e. The molecule has 2 amide bonds. The number of carbonyl (C=O) groups is 1. The van der Waals surface area contributed by atoms with Crippen LogP contribution in [0.3, 0.4) is 0 Å². The number of thiophene rings is 1. The molecule has 0 saturated heterocycles. The molecule has 1 unspecified atom stereocenters. The fourth-order valence-corrected chi connectivity index (χ4v) is 3.61. The molecule has 7 heteroatoms. The fraction of sp³-hybridized carbons (Fsp3) is 0.238. The summed E-state index contributed by atoms with van der Waals surface area (Å²) in [6.45, 7) is 0.900. The number of hydrogen-bond donors (Lipinski definition) is 2. The zero-order chi connectivity index (χ0) is 19.8. The molecule has 0 aliphatic heterocycles. The van der Waals surface area contributed by atoms with Crippen LogP contribution in [-0.4, -0.2) is 36.6 Å². The lowest BCUT2D eigenvalue weighted by molar-refractivity contribution is 0.244. The Morgan fingerprint density at radius 3 is 2.79 bits per heavy atom. The molecule has 28 heavy (non-hydrogen) atoms. The number of carbonyl (C=O) groups excluding carboxylic acids is 1. The highest BCUT2D eigenvalue weighted by Gasteiger charge is 2.16. The third kappa shape index (κ3) is 5.80. The van der Waals surface area contributed by atoms with Crippen molar-refractivity contribution in [2.45, 2.75) is 12.6 Å². The van der Waals surface area contributed by atoms with Crippen LogP contribution < -0.4 is 15.4 Å². The summed E-state index contributed by atoms with van der Waals surface area (Å²) in [6, 6.07) is 17.0. The van der Waals surface area contributed by atoms with Crippen LogP contribution in [0.5, 0.6) is 5.75 Å². The number of likely N-dealkylation sites (N-methyl/N-ethyl adjacent to an activating group) is 1. The van der Waals surface area contributed by atoms with Crippen molar-refractivity contribution in [2.24, 2.45) is 0 Å². The van der Waals surface area contributed by atoms with E-state index in [2.05, 4.69) is 26.6 Å². The maximum Gasteiger partial charge on any atom is 0.319 e. The lowest BCUT2D eigenvalue weighted by Crippen LogP contribution is -2.36. The summed E-state index contributed by atoms with van der Waals surface area (Å²) in [5.74, 6) is 0.674. The van der Waals surface area contributed by atoms with Crippen molar-refractivity contribution in [3.05, 3.63) is 76.7 Å². The van der Waals surface area contributed by atoms with E-state index in [1.807, 2.05) is 61.9 Å². The molecule has 3 rings (SSSR count). The Bertz CT molecular complexity index is 869. The van der Waals surface area contributed by atoms with Crippen molar-refractivity contribution in [1.29, 1.82) is 0 Å². The average molecular weight is 397 g/mol. The number of pyridine rings is 1. The maximum atomic E-state index is 12.3. The minimum Gasteiger partial charge on any atom is -0.487 e. The molecule has 0 aliphatic rings. The molecule has 2 N–H and O–H groups in total. The van der Waals surface area contributed by atoms with Crippen molar-refractivity contribution < 1.29 is 9.53 Å². The van der Waals surface area contributed by atoms with Gasteiger partial charge in [0.15, 0.2) is 0 Å². The van der Waals surface area contributed by atoms with Crippen LogP contribution in [0.4, 0.5) is 10.5 Å². The summed E-state index contributed by atoms with van der Waals surface area (Å²) in [4.78, 5) is 19.9. The van der Waals surface area contributed by atoms with Gasteiger partial charge in [0.2, 0.25) is 0 Å². The molecule has 0 fully saturated rings. The first-order valence-electron chi connectivity index (χ1n) is 8.99. The minimum atomic E-state index is -0.245. The summed E-state index contributed by atoms with van der Waals surface area (Å²) in [6.07, 6.45) is 1.73. The summed E-state index contributed by atoms with van der Waals surface area (Å²) in [5, 5.41) is 7.85. The van der Waals surface area contributed by atoms with Crippen molar-refractivity contribution in [1.82, 2.24) is 15.2 Å². The SMILES string of the molecule is CN(C)C(CNC(=O)Nc1cccc(OCc2ccccn2)c1)c1cccs1. The Hall–Kier alpha value is -2.90. The number of nitrogens with one attached hydrogen (secondary N) is 2. The Labute approximate surface area is 169 Å². The number of hydrogen-bond acceptors (Lipinski definition) is 5. The molecular formula is C21H24N4O2S. The summed E-state index contributed by atoms with van der Waals surface area (Å²) < 4.78 is 5.75. The van der Waals surface area contributed by atoms with Crippen LogP contribution >= 0.6 is 11.3 Å². The third-order valence-electron chi connectivity index (χ3n) is 4.16. The zero-order valence-electron chi connectivity index (χ0n) is 16.0. The lowest BCUT2D eigenvalue weighted by Gasteiger charge is -2.23. The van der Waals surface area contributed by atoms with Crippen LogP contribution in [0.2, 0.25) is 0 Å². The number of urea groups is 1. The maximum absolute atomic E-state index is 12.3. The van der Waals surface area contributed by atoms with Crippen molar-refractivity contribution in [2.75, 3.05) is 26.0 Å². The standard InChI is InChI=1S/C21H24N4O2S/c1-25(2)19(20-10-6-12-28-20)14-23-21(26)24-16-8-5-9-18(13-16)27-15-17-7-3-4-11-22-17/h3-13,19H,14-15H2,1-2H3,(H2,23,24,26). The molecule has 3 aromatic rings. The van der Waals surface area contributed by atoms with E-state index in [1.165, 1.54) is 4.88 Å². The van der Waals surface area contributed by atoms with Gasteiger partial charge in [0.25, 0.3) is 0 Å². The first-order chi connectivity index (χ1) is 13.6. The third-order valence-corrected chi connectivity index (χ3v) is 5.13. The molecule has 2 aromatic heterocycles. The average Bonchev–Trinajstić information content (AvgIpc) is 3.22. The van der Waals surface area contributed by atoms with Crippen LogP contribution in [-0.2, 0) is 6.61 Å². The number of aromatic nitrogens is 1. The van der Waals surface area contributed by atoms with E-state index in [9.17, 15) is 4.79 Å². The molecule has 0 bridgehead atoms. The summed E-state index contributed by atoms with van der Waals surface area (Å²) in [5.41, 5.74) is 1.52. The Kier molecular flexibility index (Phi) is 7.00. The van der Waals surface area contributed by atoms with Gasteiger partial charge in [-0.05, 0) is 49.8 Å². The first kappa shape index (κ1) is 19.9. The normalized spacial score (nSPS) is 11.8. The highest BCUT2D eigenvalue weighted by molar-refractivity contribution is 7.10. The van der Waals surface area contributed by atoms with Crippen LogP contribution in [0, 0.1) is 0 Å². The summed E-state index contributed by atoms with van der Waals surface area (Å²) >= 11 is 1.69. The predicted molar refractivity (Wildman–Crippen MR) is 113 cm³/mol. The van der Waals surface area contributed by atoms with E-state index in [0.29, 0.717) is 24.6 Å². The van der Waals surface area contributed by atoms with Crippen LogP contribution in [0.15, 0.2) is 66.2 Å². The predicted octanol–water partition coefficient (Wildman–Crippen LogP) is 4.15. The highest BCUT2D eigenvalue weighted by Crippen LogP contribution is 2.22. The zero-order valence-corrected chi connectivity index (χ0v) is 16.8. The molecule has 0 aliphatic carbocycles. The van der Waals surface area contributed by atoms with Crippen molar-refractivity contribution in [3.8, 4) is 5.75 Å². The van der Waals surface area contributed by atoms with Crippen molar-refractivity contribution in [3.63, 3.8) is 0 Å². The number of amides is 2. The van der Waals surface area contributed by atoms with Gasteiger partial charge >= 0.3 is 6.03 Å². The van der Waals surface area contributed by atoms with Gasteiger partial charge in [-0.15, -0.1) is 11.3 Å². The van der Waals surface area contributed by atoms with Crippen LogP contribution in [0.1, 0.15) is 16.6 Å². The molecule has 1 atom stereocenters. The van der Waals surface area contributed by atoms with Gasteiger partial charge in [0.05, 0.1) is 11.7 Å². The van der Waals surface area contributed by atoms with E-state index in [4.69, 9.17) is 4.74 Å². The second kappa shape index (κ2) is 9.87. The van der Waals surface area contributed by atoms with Gasteiger partial charge in [-0.25, -0.2) is 4.79 Å². The molecule has 1 aromatic carbocycles. The first-order valence-corrected chi connectivity index (χ1v) is 9.87. The van der Waals surface area contributed by atoms with Gasteiger partial charge in [-0.2, -0.15) is 0 Å². The van der Waals surface area contributed by atoms with Gasteiger partial charge in [0.1, 0.15) is 12.4 Å². The molecule has 0 saturated carbocycles. The molecule has 0 spiro atoms. The quantitative estimate of drug-likeness (QED) is 0.600. The molecule has 146 valence electrons. The number of benzene rings is 1. The van der Waals surface area contributed by atoms with Crippen LogP contribution in [0.25, 0.3) is 0 Å². The second-order valence-corrected chi connectivity index (χ2v) is 7.45. The monoisotopic (exact) mass is 396 g/mol. The van der Waals surface area contributed by atoms with Crippen molar-refractivity contribution >= 4 is 23.1 Å². The lowest BCUT2D eigenvalue weighted by atomic mass is 10.2. The highest BCUT2D eigenvalue weighted by atomic mass is 32.1. The molecule has 0 radical (unpaired) electrons. The van der Waals surface area contributed by atoms with Gasteiger partial charge in [-0.1, -0.05) is 18.2 Å². The van der Waals surface area contributed by atoms with Gasteiger partial charge in [0, 0.05) is 29.4 Å². The van der Waals surface area contributed by atoms with Gasteiger partial charge < -0.3 is 20.3 Å². The topological polar surface area (TPSA) is 66.5 Å². The molecule has 6 nitrogen and oxygen atoms in total. The minimum absolute atomic E-state index is 0.138. The molecule has 2 heterocycles. The Morgan fingerprint density at radius 1 is 1.18 bits per heavy atom. The second-order valence-electron chi connectivity index (χ2n) is 6.47. The van der Waals surface area contributed by atoms with Gasteiger partial charge in [-0.3, -0.25) is 4.98 Å². The molecular weight excluding hydrogens is 372 g/mol. The largest absolute Gasteiger partial charge is 0.487 e. The Balaban J connectivity index is 1.52. The Morgan fingerprint density at radius 2 is 2.07 bits per heavy atom. The van der Waals surface area contributed by atoms with E-state index in [1.54, 1.807) is 23.6 Å². The fourth-order valence-electron chi connectivity index (χ4n) is 2.69. The van der Waals surface area contributed by atoms with E-state index in [0.717, 1.165) is 5.69 Å². The van der Waals surface area contributed by atoms with E-state index in [-0.39, 0.29) is 12.1 Å². The van der Waals surface area contributed by atoms with E-state index < -0.39 is 0 Å². The number of ether oxygens (including phenoxy) is 1. The number of rotatable bonds is 8. The van der Waals surface area contributed by atoms with E-state index >= 15 is 0 Å². The number of anilines is 1. The number of nitrogens with zero attached hydrogens (tertiary/aromatic N) is 2.